The molecule has 5 heteroatoms. The number of aliphatic hydroxyl groups excluding tert-OH is 1. The van der Waals surface area contributed by atoms with Crippen molar-refractivity contribution in [2.24, 2.45) is 5.92 Å². The number of rotatable bonds is 9. The average Bonchev–Trinajstić information content (AvgIpc) is 2.41. The molecule has 0 bridgehead atoms. The Labute approximate surface area is 128 Å². The number of hydrogen-bond acceptors (Lipinski definition) is 4. The fourth-order valence-electron chi connectivity index (χ4n) is 2.70. The van der Waals surface area contributed by atoms with Gasteiger partial charge in [0, 0.05) is 25.6 Å². The average molecular weight is 300 g/mol. The van der Waals surface area contributed by atoms with Gasteiger partial charge in [-0.15, -0.1) is 0 Å². The lowest BCUT2D eigenvalue weighted by Crippen LogP contribution is -2.36. The Morgan fingerprint density at radius 3 is 2.81 bits per heavy atom. The van der Waals surface area contributed by atoms with Crippen molar-refractivity contribution in [1.29, 1.82) is 0 Å². The van der Waals surface area contributed by atoms with Gasteiger partial charge in [-0.3, -0.25) is 4.79 Å². The molecule has 124 valence electrons. The molecule has 0 radical (unpaired) electrons. The lowest BCUT2D eigenvalue weighted by molar-refractivity contribution is -0.121. The summed E-state index contributed by atoms with van der Waals surface area (Å²) >= 11 is 0. The third-order valence-electron chi connectivity index (χ3n) is 3.77. The van der Waals surface area contributed by atoms with Crippen LogP contribution in [0.1, 0.15) is 52.9 Å². The first kappa shape index (κ1) is 18.4. The van der Waals surface area contributed by atoms with Gasteiger partial charge in [0.15, 0.2) is 0 Å². The molecule has 0 spiro atoms. The minimum atomic E-state index is -0.504. The molecule has 0 heterocycles. The molecule has 1 fully saturated rings. The van der Waals surface area contributed by atoms with Crippen molar-refractivity contribution in [3.63, 3.8) is 0 Å². The minimum absolute atomic E-state index is 0.0411. The molecule has 1 aliphatic carbocycles. The van der Waals surface area contributed by atoms with Crippen LogP contribution in [0.4, 0.5) is 0 Å². The minimum Gasteiger partial charge on any atom is -0.389 e. The van der Waals surface area contributed by atoms with E-state index < -0.39 is 6.10 Å². The van der Waals surface area contributed by atoms with Gasteiger partial charge in [-0.05, 0) is 32.6 Å². The van der Waals surface area contributed by atoms with Crippen LogP contribution in [0.3, 0.4) is 0 Å². The van der Waals surface area contributed by atoms with Crippen molar-refractivity contribution in [2.75, 3.05) is 19.7 Å². The fraction of sp³-hybridized carbons (Fsp3) is 0.938. The van der Waals surface area contributed by atoms with Gasteiger partial charge in [0.1, 0.15) is 0 Å². The van der Waals surface area contributed by atoms with E-state index in [0.717, 1.165) is 18.8 Å². The van der Waals surface area contributed by atoms with Crippen LogP contribution in [0.15, 0.2) is 0 Å². The van der Waals surface area contributed by atoms with E-state index in [2.05, 4.69) is 17.6 Å². The summed E-state index contributed by atoms with van der Waals surface area (Å²) < 4.78 is 5.78. The van der Waals surface area contributed by atoms with Crippen molar-refractivity contribution in [1.82, 2.24) is 10.6 Å². The predicted octanol–water partition coefficient (Wildman–Crippen LogP) is 1.45. The molecule has 1 saturated carbocycles. The zero-order valence-corrected chi connectivity index (χ0v) is 13.7. The molecule has 0 aromatic carbocycles. The molecule has 3 atom stereocenters. The van der Waals surface area contributed by atoms with E-state index in [1.807, 2.05) is 13.8 Å². The maximum atomic E-state index is 11.4. The molecule has 3 N–H and O–H groups in total. The van der Waals surface area contributed by atoms with Gasteiger partial charge < -0.3 is 20.5 Å². The fourth-order valence-corrected chi connectivity index (χ4v) is 2.70. The van der Waals surface area contributed by atoms with Gasteiger partial charge in [0.2, 0.25) is 5.91 Å². The van der Waals surface area contributed by atoms with E-state index in [4.69, 9.17) is 4.74 Å². The molecule has 0 aromatic heterocycles. The van der Waals surface area contributed by atoms with E-state index >= 15 is 0 Å². The Morgan fingerprint density at radius 1 is 1.38 bits per heavy atom. The standard InChI is InChI=1S/C16H32N2O3/c1-12(2)18-16(20)7-8-17-10-14(19)11-21-15-6-4-5-13(3)9-15/h12-15,17,19H,4-11H2,1-3H3,(H,18,20). The molecular formula is C16H32N2O3. The quantitative estimate of drug-likeness (QED) is 0.564. The number of ether oxygens (including phenoxy) is 1. The zero-order valence-electron chi connectivity index (χ0n) is 13.7. The Kier molecular flexibility index (Phi) is 8.88. The third kappa shape index (κ3) is 9.06. The van der Waals surface area contributed by atoms with Crippen LogP contribution in [-0.2, 0) is 9.53 Å². The maximum absolute atomic E-state index is 11.4. The second-order valence-corrected chi connectivity index (χ2v) is 6.56. The summed E-state index contributed by atoms with van der Waals surface area (Å²) in [5.74, 6) is 0.776. The summed E-state index contributed by atoms with van der Waals surface area (Å²) in [5.41, 5.74) is 0. The van der Waals surface area contributed by atoms with Gasteiger partial charge >= 0.3 is 0 Å². The predicted molar refractivity (Wildman–Crippen MR) is 84.1 cm³/mol. The second kappa shape index (κ2) is 10.1. The van der Waals surface area contributed by atoms with Crippen LogP contribution in [-0.4, -0.2) is 49.0 Å². The first-order valence-electron chi connectivity index (χ1n) is 8.27. The molecule has 0 saturated heterocycles. The van der Waals surface area contributed by atoms with Crippen LogP contribution < -0.4 is 10.6 Å². The topological polar surface area (TPSA) is 70.6 Å². The van der Waals surface area contributed by atoms with Gasteiger partial charge in [-0.1, -0.05) is 19.8 Å². The normalized spacial score (nSPS) is 24.0. The molecule has 1 amide bonds. The van der Waals surface area contributed by atoms with Crippen LogP contribution in [0.5, 0.6) is 0 Å². The first-order chi connectivity index (χ1) is 9.97. The van der Waals surface area contributed by atoms with Crippen molar-refractivity contribution < 1.29 is 14.6 Å². The molecule has 0 aliphatic heterocycles. The highest BCUT2D eigenvalue weighted by atomic mass is 16.5. The highest BCUT2D eigenvalue weighted by molar-refractivity contribution is 5.76. The molecule has 5 nitrogen and oxygen atoms in total. The smallest absolute Gasteiger partial charge is 0.221 e. The second-order valence-electron chi connectivity index (χ2n) is 6.56. The highest BCUT2D eigenvalue weighted by Gasteiger charge is 2.20. The van der Waals surface area contributed by atoms with E-state index in [0.29, 0.717) is 32.2 Å². The molecule has 1 aliphatic rings. The SMILES string of the molecule is CC1CCCC(OCC(O)CNCCC(=O)NC(C)C)C1. The number of hydrogen-bond donors (Lipinski definition) is 3. The molecule has 1 rings (SSSR count). The monoisotopic (exact) mass is 300 g/mol. The van der Waals surface area contributed by atoms with E-state index in [9.17, 15) is 9.90 Å². The van der Waals surface area contributed by atoms with Crippen LogP contribution in [0, 0.1) is 5.92 Å². The summed E-state index contributed by atoms with van der Waals surface area (Å²) in [7, 11) is 0. The van der Waals surface area contributed by atoms with Crippen molar-refractivity contribution in [2.45, 2.75) is 71.1 Å². The third-order valence-corrected chi connectivity index (χ3v) is 3.77. The van der Waals surface area contributed by atoms with Crippen molar-refractivity contribution >= 4 is 5.91 Å². The van der Waals surface area contributed by atoms with Crippen molar-refractivity contribution in [3.8, 4) is 0 Å². The summed E-state index contributed by atoms with van der Waals surface area (Å²) in [5, 5.41) is 15.8. The van der Waals surface area contributed by atoms with E-state index in [1.165, 1.54) is 12.8 Å². The zero-order chi connectivity index (χ0) is 15.7. The number of aliphatic hydroxyl groups is 1. The number of carbonyl (C=O) groups excluding carboxylic acids is 1. The summed E-state index contributed by atoms with van der Waals surface area (Å²) in [4.78, 5) is 11.4. The number of carbonyl (C=O) groups is 1. The Bertz CT molecular complexity index is 297. The first-order valence-corrected chi connectivity index (χ1v) is 8.27. The maximum Gasteiger partial charge on any atom is 0.221 e. The number of amides is 1. The van der Waals surface area contributed by atoms with Crippen LogP contribution >= 0.6 is 0 Å². The Balaban J connectivity index is 2.01. The Hall–Kier alpha value is -0.650. The highest BCUT2D eigenvalue weighted by Crippen LogP contribution is 2.25. The van der Waals surface area contributed by atoms with E-state index in [-0.39, 0.29) is 11.9 Å². The van der Waals surface area contributed by atoms with Gasteiger partial charge in [0.05, 0.1) is 18.8 Å². The van der Waals surface area contributed by atoms with Gasteiger partial charge in [-0.25, -0.2) is 0 Å². The largest absolute Gasteiger partial charge is 0.389 e. The number of nitrogens with one attached hydrogen (secondary N) is 2. The van der Waals surface area contributed by atoms with Crippen molar-refractivity contribution in [3.05, 3.63) is 0 Å². The van der Waals surface area contributed by atoms with Gasteiger partial charge in [-0.2, -0.15) is 0 Å². The van der Waals surface area contributed by atoms with E-state index in [1.54, 1.807) is 0 Å². The summed E-state index contributed by atoms with van der Waals surface area (Å²) in [6, 6.07) is 0.175. The van der Waals surface area contributed by atoms with Gasteiger partial charge in [0.25, 0.3) is 0 Å². The van der Waals surface area contributed by atoms with Crippen LogP contribution in [0.2, 0.25) is 0 Å². The Morgan fingerprint density at radius 2 is 2.14 bits per heavy atom. The van der Waals surface area contributed by atoms with Crippen LogP contribution in [0.25, 0.3) is 0 Å². The lowest BCUT2D eigenvalue weighted by Gasteiger charge is -2.27. The summed E-state index contributed by atoms with van der Waals surface area (Å²) in [6.45, 7) is 7.57. The molecule has 21 heavy (non-hydrogen) atoms. The summed E-state index contributed by atoms with van der Waals surface area (Å²) in [6.07, 6.45) is 4.98. The molecule has 3 unspecified atom stereocenters. The lowest BCUT2D eigenvalue weighted by atomic mass is 9.89. The molecular weight excluding hydrogens is 268 g/mol. The molecule has 0 aromatic rings.